The number of piperidine rings is 1. The van der Waals surface area contributed by atoms with E-state index in [-0.39, 0.29) is 6.04 Å². The molecule has 9 nitrogen and oxygen atoms in total. The number of fused-ring (bicyclic) bond motifs is 1. The van der Waals surface area contributed by atoms with Gasteiger partial charge in [-0.1, -0.05) is 6.92 Å². The lowest BCUT2D eigenvalue weighted by molar-refractivity contribution is 0.236. The lowest BCUT2D eigenvalue weighted by Gasteiger charge is -2.33. The molecule has 10 heteroatoms. The first-order valence-electron chi connectivity index (χ1n) is 8.76. The molecule has 3 N–H and O–H groups in total. The molecule has 0 spiro atoms. The van der Waals surface area contributed by atoms with Crippen LogP contribution in [0.5, 0.6) is 0 Å². The van der Waals surface area contributed by atoms with Crippen molar-refractivity contribution in [2.24, 2.45) is 0 Å². The van der Waals surface area contributed by atoms with Gasteiger partial charge in [-0.15, -0.1) is 0 Å². The fourth-order valence-electron chi connectivity index (χ4n) is 2.98. The van der Waals surface area contributed by atoms with Crippen molar-refractivity contribution in [1.29, 1.82) is 0 Å². The predicted molar refractivity (Wildman–Crippen MR) is 99.3 cm³/mol. The summed E-state index contributed by atoms with van der Waals surface area (Å²) in [5.41, 5.74) is 1.31. The molecule has 0 saturated carbocycles. The van der Waals surface area contributed by atoms with Crippen LogP contribution < -0.4 is 10.6 Å². The Morgan fingerprint density at radius 1 is 1.50 bits per heavy atom. The van der Waals surface area contributed by atoms with E-state index in [4.69, 9.17) is 0 Å². The van der Waals surface area contributed by atoms with Crippen molar-refractivity contribution in [2.45, 2.75) is 44.4 Å². The topological polar surface area (TPSA) is 120 Å². The van der Waals surface area contributed by atoms with Gasteiger partial charge in [0.15, 0.2) is 11.5 Å². The van der Waals surface area contributed by atoms with Crippen LogP contribution in [0.4, 0.5) is 10.6 Å². The average Bonchev–Trinajstić information content (AvgIpc) is 3.08. The van der Waals surface area contributed by atoms with E-state index in [2.05, 4.69) is 25.6 Å². The first-order chi connectivity index (χ1) is 12.4. The van der Waals surface area contributed by atoms with Gasteiger partial charge in [0.2, 0.25) is 10.0 Å². The Labute approximate surface area is 152 Å². The number of hydrogen-bond donors (Lipinski definition) is 3. The summed E-state index contributed by atoms with van der Waals surface area (Å²) < 4.78 is 26.5. The van der Waals surface area contributed by atoms with Crippen LogP contribution in [0.3, 0.4) is 0 Å². The number of nitrogens with one attached hydrogen (secondary N) is 3. The molecular formula is C16H24N6O3S. The highest BCUT2D eigenvalue weighted by Crippen LogP contribution is 2.19. The van der Waals surface area contributed by atoms with Crippen molar-refractivity contribution < 1.29 is 13.2 Å². The lowest BCUT2D eigenvalue weighted by atomic mass is 10.1. The summed E-state index contributed by atoms with van der Waals surface area (Å²) in [6, 6.07) is 1.12. The van der Waals surface area contributed by atoms with Gasteiger partial charge in [-0.25, -0.2) is 23.2 Å². The van der Waals surface area contributed by atoms with Crippen LogP contribution in [-0.2, 0) is 10.0 Å². The van der Waals surface area contributed by atoms with Crippen LogP contribution in [0.1, 0.15) is 33.1 Å². The van der Waals surface area contributed by atoms with Gasteiger partial charge < -0.3 is 10.3 Å². The quantitative estimate of drug-likeness (QED) is 0.729. The van der Waals surface area contributed by atoms with E-state index in [0.717, 1.165) is 12.8 Å². The fourth-order valence-corrected chi connectivity index (χ4v) is 4.69. The molecular weight excluding hydrogens is 356 g/mol. The molecule has 1 saturated heterocycles. The van der Waals surface area contributed by atoms with Crippen LogP contribution in [0.15, 0.2) is 18.5 Å². The molecule has 1 aliphatic heterocycles. The third-order valence-electron chi connectivity index (χ3n) is 4.66. The van der Waals surface area contributed by atoms with E-state index in [9.17, 15) is 13.2 Å². The highest BCUT2D eigenvalue weighted by Gasteiger charge is 2.32. The number of amides is 2. The second-order valence-corrected chi connectivity index (χ2v) is 8.88. The SMILES string of the molecule is CCC(C)S(=O)(=O)N1CCCC(NC(=O)Nc2cnc3[nH]ccc3n2)C1. The number of sulfonamides is 1. The molecule has 1 aliphatic rings. The maximum absolute atomic E-state index is 12.5. The summed E-state index contributed by atoms with van der Waals surface area (Å²) in [6.45, 7) is 4.37. The van der Waals surface area contributed by atoms with E-state index in [1.165, 1.54) is 10.5 Å². The zero-order valence-corrected chi connectivity index (χ0v) is 15.7. The summed E-state index contributed by atoms with van der Waals surface area (Å²) >= 11 is 0. The van der Waals surface area contributed by atoms with Crippen LogP contribution >= 0.6 is 0 Å². The van der Waals surface area contributed by atoms with Crippen LogP contribution in [-0.4, -0.2) is 58.1 Å². The summed E-state index contributed by atoms with van der Waals surface area (Å²) in [6.07, 6.45) is 5.22. The van der Waals surface area contributed by atoms with Gasteiger partial charge in [-0.2, -0.15) is 4.31 Å². The molecule has 3 rings (SSSR count). The Balaban J connectivity index is 1.60. The summed E-state index contributed by atoms with van der Waals surface area (Å²) in [4.78, 5) is 23.6. The standard InChI is InChI=1S/C16H24N6O3S/c1-3-11(2)26(24,25)22-8-4-5-12(10-22)19-16(23)21-14-9-18-15-13(20-14)6-7-17-15/h6-7,9,11-12H,3-5,8,10H2,1-2H3,(H,17,18)(H2,19,20,21,23). The van der Waals surface area contributed by atoms with Crippen molar-refractivity contribution in [1.82, 2.24) is 24.6 Å². The second kappa shape index (κ2) is 7.58. The average molecular weight is 380 g/mol. The van der Waals surface area contributed by atoms with E-state index in [1.807, 2.05) is 6.92 Å². The van der Waals surface area contributed by atoms with Crippen molar-refractivity contribution in [2.75, 3.05) is 18.4 Å². The van der Waals surface area contributed by atoms with E-state index < -0.39 is 21.3 Å². The molecule has 2 aromatic rings. The molecule has 26 heavy (non-hydrogen) atoms. The Morgan fingerprint density at radius 2 is 2.31 bits per heavy atom. The van der Waals surface area contributed by atoms with Crippen molar-refractivity contribution >= 4 is 33.0 Å². The third kappa shape index (κ3) is 3.96. The molecule has 2 amide bonds. The molecule has 0 radical (unpaired) electrons. The van der Waals surface area contributed by atoms with E-state index in [0.29, 0.717) is 36.5 Å². The first kappa shape index (κ1) is 18.6. The van der Waals surface area contributed by atoms with Gasteiger partial charge in [0.1, 0.15) is 5.52 Å². The minimum absolute atomic E-state index is 0.230. The maximum atomic E-state index is 12.5. The molecule has 2 atom stereocenters. The normalized spacial score (nSPS) is 20.0. The number of rotatable bonds is 5. The zero-order chi connectivity index (χ0) is 18.7. The zero-order valence-electron chi connectivity index (χ0n) is 14.9. The van der Waals surface area contributed by atoms with E-state index >= 15 is 0 Å². The third-order valence-corrected chi connectivity index (χ3v) is 7.07. The number of nitrogens with zero attached hydrogens (tertiary/aromatic N) is 3. The van der Waals surface area contributed by atoms with Crippen molar-refractivity contribution in [3.63, 3.8) is 0 Å². The summed E-state index contributed by atoms with van der Waals surface area (Å²) in [7, 11) is -3.32. The minimum Gasteiger partial charge on any atom is -0.345 e. The van der Waals surface area contributed by atoms with Crippen molar-refractivity contribution in [3.05, 3.63) is 18.5 Å². The van der Waals surface area contributed by atoms with Gasteiger partial charge in [0, 0.05) is 25.3 Å². The Hall–Kier alpha value is -2.20. The van der Waals surface area contributed by atoms with Gasteiger partial charge in [0.25, 0.3) is 0 Å². The van der Waals surface area contributed by atoms with Crippen LogP contribution in [0.25, 0.3) is 11.2 Å². The van der Waals surface area contributed by atoms with Crippen molar-refractivity contribution in [3.8, 4) is 0 Å². The fraction of sp³-hybridized carbons (Fsp3) is 0.562. The van der Waals surface area contributed by atoms with E-state index in [1.54, 1.807) is 19.2 Å². The number of H-pyrrole nitrogens is 1. The molecule has 0 bridgehead atoms. The Kier molecular flexibility index (Phi) is 5.42. The molecule has 0 aromatic carbocycles. The number of aromatic amines is 1. The summed E-state index contributed by atoms with van der Waals surface area (Å²) in [5.74, 6) is 0.342. The second-order valence-electron chi connectivity index (χ2n) is 6.53. The Morgan fingerprint density at radius 3 is 3.08 bits per heavy atom. The molecule has 1 fully saturated rings. The largest absolute Gasteiger partial charge is 0.345 e. The number of urea groups is 1. The first-order valence-corrected chi connectivity index (χ1v) is 10.3. The monoisotopic (exact) mass is 380 g/mol. The van der Waals surface area contributed by atoms with Crippen LogP contribution in [0, 0.1) is 0 Å². The molecule has 2 aromatic heterocycles. The summed E-state index contributed by atoms with van der Waals surface area (Å²) in [5, 5.41) is 5.07. The highest BCUT2D eigenvalue weighted by atomic mass is 32.2. The molecule has 142 valence electrons. The number of aromatic nitrogens is 3. The number of hydrogen-bond acceptors (Lipinski definition) is 5. The van der Waals surface area contributed by atoms with Gasteiger partial charge in [-0.05, 0) is 32.3 Å². The molecule has 2 unspecified atom stereocenters. The lowest BCUT2D eigenvalue weighted by Crippen LogP contribution is -2.52. The van der Waals surface area contributed by atoms with Gasteiger partial charge >= 0.3 is 6.03 Å². The van der Waals surface area contributed by atoms with Crippen LogP contribution in [0.2, 0.25) is 0 Å². The smallest absolute Gasteiger partial charge is 0.320 e. The maximum Gasteiger partial charge on any atom is 0.320 e. The molecule has 3 heterocycles. The van der Waals surface area contributed by atoms with Gasteiger partial charge in [0.05, 0.1) is 11.4 Å². The molecule has 0 aliphatic carbocycles. The Bertz CT molecular complexity index is 881. The number of carbonyl (C=O) groups excluding carboxylic acids is 1. The van der Waals surface area contributed by atoms with Gasteiger partial charge in [-0.3, -0.25) is 5.32 Å². The minimum atomic E-state index is -3.32. The predicted octanol–water partition coefficient (Wildman–Crippen LogP) is 1.67. The number of anilines is 1. The number of carbonyl (C=O) groups is 1. The highest BCUT2D eigenvalue weighted by molar-refractivity contribution is 7.89.